The number of aromatic nitrogens is 1. The number of hydrogen-bond donors (Lipinski definition) is 1. The van der Waals surface area contributed by atoms with Gasteiger partial charge in [-0.2, -0.15) is 0 Å². The van der Waals surface area contributed by atoms with E-state index in [-0.39, 0.29) is 5.91 Å². The number of nitrogens with one attached hydrogen (secondary N) is 1. The van der Waals surface area contributed by atoms with Crippen LogP contribution < -0.4 is 10.1 Å². The second-order valence-electron chi connectivity index (χ2n) is 7.38. The van der Waals surface area contributed by atoms with Gasteiger partial charge in [-0.3, -0.25) is 4.79 Å². The van der Waals surface area contributed by atoms with Gasteiger partial charge in [0.15, 0.2) is 5.58 Å². The van der Waals surface area contributed by atoms with Crippen LogP contribution in [0.25, 0.3) is 22.6 Å². The van der Waals surface area contributed by atoms with E-state index in [0.717, 1.165) is 32.4 Å². The molecule has 1 aromatic heterocycles. The van der Waals surface area contributed by atoms with Crippen LogP contribution >= 0.6 is 15.9 Å². The van der Waals surface area contributed by atoms with Gasteiger partial charge in [-0.1, -0.05) is 12.1 Å². The molecule has 31 heavy (non-hydrogen) atoms. The number of ether oxygens (including phenoxy) is 1. The van der Waals surface area contributed by atoms with E-state index >= 15 is 0 Å². The van der Waals surface area contributed by atoms with Crippen molar-refractivity contribution in [1.82, 2.24) is 10.3 Å². The number of nitrogens with zero attached hydrogens (tertiary/aromatic N) is 1. The maximum atomic E-state index is 12.5. The second-order valence-corrected chi connectivity index (χ2v) is 8.24. The number of rotatable bonds is 6. The van der Waals surface area contributed by atoms with Gasteiger partial charge in [-0.05, 0) is 95.9 Å². The summed E-state index contributed by atoms with van der Waals surface area (Å²) in [7, 11) is 0. The largest absolute Gasteiger partial charge is 0.493 e. The molecule has 0 saturated heterocycles. The Bertz CT molecular complexity index is 1210. The fourth-order valence-electron chi connectivity index (χ4n) is 3.27. The van der Waals surface area contributed by atoms with E-state index in [0.29, 0.717) is 24.6 Å². The summed E-state index contributed by atoms with van der Waals surface area (Å²) in [5, 5.41) is 2.95. The Balaban J connectivity index is 1.43. The Kier molecular flexibility index (Phi) is 6.09. The van der Waals surface area contributed by atoms with Crippen molar-refractivity contribution in [2.75, 3.05) is 6.61 Å². The predicted octanol–water partition coefficient (Wildman–Crippen LogP) is 6.20. The van der Waals surface area contributed by atoms with Gasteiger partial charge in [-0.15, -0.1) is 0 Å². The molecule has 6 heteroatoms. The number of carbonyl (C=O) groups excluding carboxylic acids is 1. The summed E-state index contributed by atoms with van der Waals surface area (Å²) in [6, 6.07) is 17.2. The lowest BCUT2D eigenvalue weighted by Crippen LogP contribution is -2.22. The van der Waals surface area contributed by atoms with Crippen LogP contribution in [-0.2, 0) is 6.54 Å². The molecule has 4 aromatic rings. The summed E-state index contributed by atoms with van der Waals surface area (Å²) < 4.78 is 12.2. The first-order valence-corrected chi connectivity index (χ1v) is 10.9. The van der Waals surface area contributed by atoms with Crippen molar-refractivity contribution < 1.29 is 13.9 Å². The van der Waals surface area contributed by atoms with E-state index in [9.17, 15) is 4.79 Å². The molecular weight excluding hydrogens is 456 g/mol. The van der Waals surface area contributed by atoms with Crippen molar-refractivity contribution in [2.24, 2.45) is 0 Å². The molecule has 0 unspecified atom stereocenters. The first-order chi connectivity index (χ1) is 14.9. The fourth-order valence-corrected chi connectivity index (χ4v) is 3.76. The maximum Gasteiger partial charge on any atom is 0.251 e. The number of fused-ring (bicyclic) bond motifs is 1. The molecule has 0 spiro atoms. The van der Waals surface area contributed by atoms with Crippen LogP contribution in [0.4, 0.5) is 0 Å². The normalized spacial score (nSPS) is 11.0. The monoisotopic (exact) mass is 478 g/mol. The molecule has 1 amide bonds. The van der Waals surface area contributed by atoms with E-state index in [2.05, 4.69) is 40.1 Å². The minimum Gasteiger partial charge on any atom is -0.493 e. The highest BCUT2D eigenvalue weighted by molar-refractivity contribution is 9.10. The minimum absolute atomic E-state index is 0.141. The van der Waals surface area contributed by atoms with Gasteiger partial charge in [0, 0.05) is 17.7 Å². The van der Waals surface area contributed by atoms with Gasteiger partial charge >= 0.3 is 0 Å². The smallest absolute Gasteiger partial charge is 0.251 e. The molecular formula is C25H23BrN2O3. The molecule has 0 saturated carbocycles. The SMILES string of the molecule is CCOc1ccc(C(=O)NCc2ccc(-c3nc4cc(C)c(C)cc4o3)cc2)cc1Br. The zero-order valence-electron chi connectivity index (χ0n) is 17.7. The maximum absolute atomic E-state index is 12.5. The third-order valence-corrected chi connectivity index (χ3v) is 5.77. The Hall–Kier alpha value is -3.12. The highest BCUT2D eigenvalue weighted by Gasteiger charge is 2.11. The van der Waals surface area contributed by atoms with Gasteiger partial charge in [0.05, 0.1) is 11.1 Å². The molecule has 1 heterocycles. The average molecular weight is 479 g/mol. The number of aryl methyl sites for hydroxylation is 2. The lowest BCUT2D eigenvalue weighted by atomic mass is 10.1. The standard InChI is InChI=1S/C25H23BrN2O3/c1-4-30-22-10-9-19(13-20(22)26)24(29)27-14-17-5-7-18(8-6-17)25-28-21-11-15(2)16(3)12-23(21)31-25/h5-13H,4,14H2,1-3H3,(H,27,29). The van der Waals surface area contributed by atoms with Gasteiger partial charge in [0.25, 0.3) is 5.91 Å². The molecule has 4 rings (SSSR count). The average Bonchev–Trinajstić information content (AvgIpc) is 3.17. The van der Waals surface area contributed by atoms with Crippen LogP contribution in [0.1, 0.15) is 34.0 Å². The lowest BCUT2D eigenvalue weighted by Gasteiger charge is -2.09. The summed E-state index contributed by atoms with van der Waals surface area (Å²) in [6.07, 6.45) is 0. The zero-order valence-corrected chi connectivity index (χ0v) is 19.2. The molecule has 5 nitrogen and oxygen atoms in total. The molecule has 0 aliphatic heterocycles. The minimum atomic E-state index is -0.141. The Morgan fingerprint density at radius 2 is 1.81 bits per heavy atom. The number of benzene rings is 3. The number of oxazole rings is 1. The molecule has 0 bridgehead atoms. The Morgan fingerprint density at radius 3 is 2.52 bits per heavy atom. The quantitative estimate of drug-likeness (QED) is 0.358. The number of halogens is 1. The van der Waals surface area contributed by atoms with Crippen LogP contribution in [-0.4, -0.2) is 17.5 Å². The molecule has 0 radical (unpaired) electrons. The molecule has 0 aliphatic rings. The molecule has 0 aliphatic carbocycles. The number of carbonyl (C=O) groups is 1. The van der Waals surface area contributed by atoms with Crippen LogP contribution in [0.5, 0.6) is 5.75 Å². The van der Waals surface area contributed by atoms with Gasteiger partial charge in [-0.25, -0.2) is 4.98 Å². The Labute approximate surface area is 189 Å². The van der Waals surface area contributed by atoms with Crippen LogP contribution in [0.2, 0.25) is 0 Å². The van der Waals surface area contributed by atoms with Crippen molar-refractivity contribution in [3.63, 3.8) is 0 Å². The molecule has 0 fully saturated rings. The topological polar surface area (TPSA) is 64.4 Å². The molecule has 158 valence electrons. The highest BCUT2D eigenvalue weighted by atomic mass is 79.9. The summed E-state index contributed by atoms with van der Waals surface area (Å²) >= 11 is 3.44. The highest BCUT2D eigenvalue weighted by Crippen LogP contribution is 2.27. The fraction of sp³-hybridized carbons (Fsp3) is 0.200. The predicted molar refractivity (Wildman–Crippen MR) is 125 cm³/mol. The van der Waals surface area contributed by atoms with Gasteiger partial charge in [0.2, 0.25) is 5.89 Å². The zero-order chi connectivity index (χ0) is 22.0. The number of amides is 1. The van der Waals surface area contributed by atoms with Crippen LogP contribution in [0.15, 0.2) is 63.5 Å². The van der Waals surface area contributed by atoms with Crippen molar-refractivity contribution in [2.45, 2.75) is 27.3 Å². The molecule has 1 N–H and O–H groups in total. The molecule has 3 aromatic carbocycles. The summed E-state index contributed by atoms with van der Waals surface area (Å²) in [4.78, 5) is 17.1. The lowest BCUT2D eigenvalue weighted by molar-refractivity contribution is 0.0951. The van der Waals surface area contributed by atoms with E-state index in [4.69, 9.17) is 9.15 Å². The van der Waals surface area contributed by atoms with Crippen molar-refractivity contribution in [1.29, 1.82) is 0 Å². The Morgan fingerprint density at radius 1 is 1.06 bits per heavy atom. The van der Waals surface area contributed by atoms with E-state index in [1.165, 1.54) is 11.1 Å². The third kappa shape index (κ3) is 4.64. The second kappa shape index (κ2) is 8.94. The number of hydrogen-bond acceptors (Lipinski definition) is 4. The summed E-state index contributed by atoms with van der Waals surface area (Å²) in [5.41, 5.74) is 6.48. The molecule has 0 atom stereocenters. The van der Waals surface area contributed by atoms with E-state index < -0.39 is 0 Å². The van der Waals surface area contributed by atoms with Gasteiger partial charge in [0.1, 0.15) is 11.3 Å². The summed E-state index contributed by atoms with van der Waals surface area (Å²) in [5.74, 6) is 1.17. The van der Waals surface area contributed by atoms with E-state index in [1.54, 1.807) is 18.2 Å². The first kappa shape index (κ1) is 21.1. The van der Waals surface area contributed by atoms with Crippen molar-refractivity contribution in [3.8, 4) is 17.2 Å². The van der Waals surface area contributed by atoms with Crippen molar-refractivity contribution in [3.05, 3.63) is 81.3 Å². The van der Waals surface area contributed by atoms with Gasteiger partial charge < -0.3 is 14.5 Å². The van der Waals surface area contributed by atoms with E-state index in [1.807, 2.05) is 43.3 Å². The third-order valence-electron chi connectivity index (χ3n) is 5.15. The van der Waals surface area contributed by atoms with Crippen molar-refractivity contribution >= 4 is 32.9 Å². The first-order valence-electron chi connectivity index (χ1n) is 10.1. The van der Waals surface area contributed by atoms with Crippen LogP contribution in [0, 0.1) is 13.8 Å². The summed E-state index contributed by atoms with van der Waals surface area (Å²) in [6.45, 7) is 7.05. The van der Waals surface area contributed by atoms with Crippen LogP contribution in [0.3, 0.4) is 0 Å².